The molecular formula is C20H23NO2. The molecule has 120 valence electrons. The lowest BCUT2D eigenvalue weighted by Gasteiger charge is -2.41. The summed E-state index contributed by atoms with van der Waals surface area (Å²) in [5, 5.41) is 9.30. The number of rotatable bonds is 3. The van der Waals surface area contributed by atoms with Crippen LogP contribution in [0.2, 0.25) is 0 Å². The van der Waals surface area contributed by atoms with Gasteiger partial charge in [-0.3, -0.25) is 4.90 Å². The second kappa shape index (κ2) is 5.20. The van der Waals surface area contributed by atoms with Crippen LogP contribution in [0.1, 0.15) is 54.7 Å². The Morgan fingerprint density at radius 3 is 2.17 bits per heavy atom. The quantitative estimate of drug-likeness (QED) is 0.915. The van der Waals surface area contributed by atoms with Gasteiger partial charge in [-0.05, 0) is 56.5 Å². The minimum Gasteiger partial charge on any atom is -0.478 e. The van der Waals surface area contributed by atoms with Crippen LogP contribution >= 0.6 is 0 Å². The topological polar surface area (TPSA) is 40.5 Å². The molecule has 2 aromatic rings. The lowest BCUT2D eigenvalue weighted by molar-refractivity contribution is 0.0312. The summed E-state index contributed by atoms with van der Waals surface area (Å²) >= 11 is 0. The van der Waals surface area contributed by atoms with Gasteiger partial charge in [0.05, 0.1) is 5.56 Å². The molecule has 1 aliphatic rings. The Balaban J connectivity index is 2.07. The Morgan fingerprint density at radius 1 is 0.957 bits per heavy atom. The first-order valence-corrected chi connectivity index (χ1v) is 7.94. The SMILES string of the molecule is CC1(C)c2ccc(C(=O)O)cc2C(C)(C)N1Cc1ccccc1. The van der Waals surface area contributed by atoms with E-state index in [1.807, 2.05) is 18.2 Å². The average Bonchev–Trinajstić information content (AvgIpc) is 2.66. The fourth-order valence-corrected chi connectivity index (χ4v) is 3.87. The smallest absolute Gasteiger partial charge is 0.335 e. The first kappa shape index (κ1) is 15.8. The zero-order valence-electron chi connectivity index (χ0n) is 14.1. The molecule has 0 saturated heterocycles. The lowest BCUT2D eigenvalue weighted by atomic mass is 9.89. The third-order valence-electron chi connectivity index (χ3n) is 5.12. The summed E-state index contributed by atoms with van der Waals surface area (Å²) in [6.45, 7) is 9.61. The maximum atomic E-state index is 11.3. The molecule has 0 aromatic heterocycles. The van der Waals surface area contributed by atoms with Crippen LogP contribution in [0.5, 0.6) is 0 Å². The molecule has 3 nitrogen and oxygen atoms in total. The number of hydrogen-bond donors (Lipinski definition) is 1. The van der Waals surface area contributed by atoms with E-state index in [1.54, 1.807) is 6.07 Å². The second-order valence-corrected chi connectivity index (χ2v) is 7.26. The first-order valence-electron chi connectivity index (χ1n) is 7.94. The third-order valence-corrected chi connectivity index (χ3v) is 5.12. The molecular weight excluding hydrogens is 286 g/mol. The number of benzene rings is 2. The van der Waals surface area contributed by atoms with Crippen molar-refractivity contribution in [2.24, 2.45) is 0 Å². The Hall–Kier alpha value is -2.13. The molecule has 0 atom stereocenters. The molecule has 1 N–H and O–H groups in total. The summed E-state index contributed by atoms with van der Waals surface area (Å²) in [4.78, 5) is 13.8. The molecule has 0 bridgehead atoms. The summed E-state index contributed by atoms with van der Waals surface area (Å²) in [6.07, 6.45) is 0. The molecule has 2 aromatic carbocycles. The Labute approximate surface area is 137 Å². The Kier molecular flexibility index (Phi) is 3.56. The van der Waals surface area contributed by atoms with Crippen LogP contribution in [-0.4, -0.2) is 16.0 Å². The van der Waals surface area contributed by atoms with Crippen LogP contribution in [-0.2, 0) is 17.6 Å². The predicted molar refractivity (Wildman–Crippen MR) is 91.4 cm³/mol. The third kappa shape index (κ3) is 2.45. The number of fused-ring (bicyclic) bond motifs is 1. The molecule has 23 heavy (non-hydrogen) atoms. The summed E-state index contributed by atoms with van der Waals surface area (Å²) in [5.74, 6) is -0.872. The summed E-state index contributed by atoms with van der Waals surface area (Å²) in [5.41, 5.74) is 3.57. The van der Waals surface area contributed by atoms with Gasteiger partial charge in [0.25, 0.3) is 0 Å². The van der Waals surface area contributed by atoms with Gasteiger partial charge in [0.1, 0.15) is 0 Å². The van der Waals surface area contributed by atoms with E-state index in [2.05, 4.69) is 56.9 Å². The van der Waals surface area contributed by atoms with Crippen LogP contribution in [0.25, 0.3) is 0 Å². The van der Waals surface area contributed by atoms with E-state index in [4.69, 9.17) is 0 Å². The van der Waals surface area contributed by atoms with Crippen LogP contribution in [0.15, 0.2) is 48.5 Å². The van der Waals surface area contributed by atoms with Crippen molar-refractivity contribution in [2.75, 3.05) is 0 Å². The lowest BCUT2D eigenvalue weighted by Crippen LogP contribution is -2.44. The van der Waals surface area contributed by atoms with E-state index in [1.165, 1.54) is 11.1 Å². The Morgan fingerprint density at radius 2 is 1.57 bits per heavy atom. The van der Waals surface area contributed by atoms with E-state index >= 15 is 0 Å². The van der Waals surface area contributed by atoms with Crippen LogP contribution in [0, 0.1) is 0 Å². The molecule has 0 radical (unpaired) electrons. The van der Waals surface area contributed by atoms with Crippen molar-refractivity contribution in [3.63, 3.8) is 0 Å². The minimum atomic E-state index is -0.872. The van der Waals surface area contributed by atoms with Gasteiger partial charge < -0.3 is 5.11 Å². The van der Waals surface area contributed by atoms with Gasteiger partial charge in [-0.1, -0.05) is 36.4 Å². The molecule has 0 amide bonds. The molecule has 0 saturated carbocycles. The highest BCUT2D eigenvalue weighted by Gasteiger charge is 2.48. The van der Waals surface area contributed by atoms with Crippen LogP contribution < -0.4 is 0 Å². The predicted octanol–water partition coefficient (Wildman–Crippen LogP) is 4.37. The van der Waals surface area contributed by atoms with Crippen molar-refractivity contribution in [1.82, 2.24) is 4.90 Å². The molecule has 3 heteroatoms. The number of hydrogen-bond acceptors (Lipinski definition) is 2. The van der Waals surface area contributed by atoms with E-state index in [0.29, 0.717) is 5.56 Å². The zero-order chi connectivity index (χ0) is 16.8. The highest BCUT2D eigenvalue weighted by atomic mass is 16.4. The van der Waals surface area contributed by atoms with Crippen LogP contribution in [0.3, 0.4) is 0 Å². The van der Waals surface area contributed by atoms with E-state index in [9.17, 15) is 9.90 Å². The molecule has 3 rings (SSSR count). The average molecular weight is 309 g/mol. The molecule has 0 spiro atoms. The molecule has 0 unspecified atom stereocenters. The first-order chi connectivity index (χ1) is 10.7. The van der Waals surface area contributed by atoms with Crippen molar-refractivity contribution in [2.45, 2.75) is 45.3 Å². The number of nitrogens with zero attached hydrogens (tertiary/aromatic N) is 1. The Bertz CT molecular complexity index is 747. The monoisotopic (exact) mass is 309 g/mol. The summed E-state index contributed by atoms with van der Waals surface area (Å²) < 4.78 is 0. The second-order valence-electron chi connectivity index (χ2n) is 7.26. The van der Waals surface area contributed by atoms with Gasteiger partial charge in [-0.2, -0.15) is 0 Å². The van der Waals surface area contributed by atoms with Gasteiger partial charge in [0.2, 0.25) is 0 Å². The number of carboxylic acids is 1. The largest absolute Gasteiger partial charge is 0.478 e. The van der Waals surface area contributed by atoms with Gasteiger partial charge in [-0.15, -0.1) is 0 Å². The van der Waals surface area contributed by atoms with E-state index in [0.717, 1.165) is 12.1 Å². The number of carboxylic acid groups (broad SMARTS) is 1. The van der Waals surface area contributed by atoms with Gasteiger partial charge in [0, 0.05) is 17.6 Å². The fraction of sp³-hybridized carbons (Fsp3) is 0.350. The van der Waals surface area contributed by atoms with Gasteiger partial charge in [0.15, 0.2) is 0 Å². The standard InChI is InChI=1S/C20H23NO2/c1-19(2)16-11-10-15(18(22)23)12-17(16)20(3,4)21(19)13-14-8-6-5-7-9-14/h5-12H,13H2,1-4H3,(H,22,23). The summed E-state index contributed by atoms with van der Waals surface area (Å²) in [7, 11) is 0. The molecule has 1 heterocycles. The summed E-state index contributed by atoms with van der Waals surface area (Å²) in [6, 6.07) is 15.9. The van der Waals surface area contributed by atoms with Gasteiger partial charge >= 0.3 is 5.97 Å². The van der Waals surface area contributed by atoms with E-state index < -0.39 is 5.97 Å². The number of aromatic carboxylic acids is 1. The van der Waals surface area contributed by atoms with Crippen molar-refractivity contribution in [3.05, 3.63) is 70.8 Å². The zero-order valence-corrected chi connectivity index (χ0v) is 14.1. The van der Waals surface area contributed by atoms with Crippen molar-refractivity contribution in [3.8, 4) is 0 Å². The molecule has 0 aliphatic carbocycles. The van der Waals surface area contributed by atoms with Crippen molar-refractivity contribution >= 4 is 5.97 Å². The number of carbonyl (C=O) groups is 1. The van der Waals surface area contributed by atoms with Crippen LogP contribution in [0.4, 0.5) is 0 Å². The maximum absolute atomic E-state index is 11.3. The highest BCUT2D eigenvalue weighted by Crippen LogP contribution is 2.50. The minimum absolute atomic E-state index is 0.147. The molecule has 1 aliphatic heterocycles. The van der Waals surface area contributed by atoms with Gasteiger partial charge in [-0.25, -0.2) is 4.79 Å². The van der Waals surface area contributed by atoms with Crippen molar-refractivity contribution < 1.29 is 9.90 Å². The normalized spacial score (nSPS) is 18.6. The van der Waals surface area contributed by atoms with Crippen molar-refractivity contribution in [1.29, 1.82) is 0 Å². The molecule has 0 fully saturated rings. The maximum Gasteiger partial charge on any atom is 0.335 e. The van der Waals surface area contributed by atoms with E-state index in [-0.39, 0.29) is 11.1 Å². The fourth-order valence-electron chi connectivity index (χ4n) is 3.87. The highest BCUT2D eigenvalue weighted by molar-refractivity contribution is 5.88.